The zero-order valence-electron chi connectivity index (χ0n) is 19.4. The van der Waals surface area contributed by atoms with Crippen LogP contribution in [0.25, 0.3) is 0 Å². The van der Waals surface area contributed by atoms with Gasteiger partial charge in [-0.15, -0.1) is 10.2 Å². The number of halogens is 1. The molecular weight excluding hydrogens is 439 g/mol. The Hall–Kier alpha value is -3.17. The van der Waals surface area contributed by atoms with E-state index in [0.717, 1.165) is 25.1 Å². The molecule has 0 radical (unpaired) electrons. The van der Waals surface area contributed by atoms with Crippen molar-refractivity contribution in [1.82, 2.24) is 19.7 Å². The van der Waals surface area contributed by atoms with Gasteiger partial charge in [-0.2, -0.15) is 0 Å². The molecule has 9 heteroatoms. The molecule has 8 nitrogen and oxygen atoms in total. The molecule has 1 saturated heterocycles. The van der Waals surface area contributed by atoms with Gasteiger partial charge in [0.05, 0.1) is 19.3 Å². The third-order valence-corrected chi connectivity index (χ3v) is 6.05. The van der Waals surface area contributed by atoms with E-state index in [2.05, 4.69) is 15.1 Å². The van der Waals surface area contributed by atoms with Crippen molar-refractivity contribution in [3.05, 3.63) is 66.5 Å². The molecule has 0 aliphatic carbocycles. The predicted octanol–water partition coefficient (Wildman–Crippen LogP) is 3.30. The monoisotopic (exact) mass is 470 g/mol. The first-order valence-electron chi connectivity index (χ1n) is 11.5. The minimum absolute atomic E-state index is 0.0781. The molecule has 0 unspecified atom stereocenters. The molecule has 0 amide bonds. The maximum Gasteiger partial charge on any atom is 0.165 e. The summed E-state index contributed by atoms with van der Waals surface area (Å²) in [6.07, 6.45) is 5.30. The topological polar surface area (TPSA) is 81.9 Å². The van der Waals surface area contributed by atoms with Gasteiger partial charge in [-0.05, 0) is 55.6 Å². The third kappa shape index (κ3) is 6.45. The molecule has 1 fully saturated rings. The van der Waals surface area contributed by atoms with E-state index in [-0.39, 0.29) is 12.4 Å². The summed E-state index contributed by atoms with van der Waals surface area (Å²) in [7, 11) is 1.63. The highest BCUT2D eigenvalue weighted by atomic mass is 19.1. The van der Waals surface area contributed by atoms with E-state index in [1.54, 1.807) is 38.0 Å². The number of rotatable bonds is 10. The lowest BCUT2D eigenvalue weighted by molar-refractivity contribution is -0.0177. The Balaban J connectivity index is 1.32. The summed E-state index contributed by atoms with van der Waals surface area (Å²) in [5.74, 6) is 1.13. The first-order valence-corrected chi connectivity index (χ1v) is 11.5. The Morgan fingerprint density at radius 2 is 1.82 bits per heavy atom. The highest BCUT2D eigenvalue weighted by Gasteiger charge is 2.31. The number of ether oxygens (including phenoxy) is 3. The molecule has 2 heterocycles. The molecule has 182 valence electrons. The molecule has 0 spiro atoms. The van der Waals surface area contributed by atoms with Gasteiger partial charge in [0.25, 0.3) is 0 Å². The summed E-state index contributed by atoms with van der Waals surface area (Å²) < 4.78 is 32.7. The van der Waals surface area contributed by atoms with Crippen LogP contribution in [0.15, 0.2) is 55.1 Å². The Labute approximate surface area is 198 Å². The lowest BCUT2D eigenvalue weighted by Gasteiger charge is -2.27. The smallest absolute Gasteiger partial charge is 0.165 e. The van der Waals surface area contributed by atoms with Gasteiger partial charge in [0.2, 0.25) is 0 Å². The number of hydrogen-bond acceptors (Lipinski definition) is 7. The van der Waals surface area contributed by atoms with Gasteiger partial charge in [0.15, 0.2) is 23.1 Å². The standard InChI is InChI=1S/C25H31FN4O4/c1-32-23-8-7-20(15-24(23)33-14-13-30-18-27-28-19-30)16-29-11-4-9-25(31,10-12-29)17-34-22-6-3-2-5-21(22)26/h2-3,5-8,15,18-19,31H,4,9-14,16-17H2,1H3/t25-/m1/s1. The fourth-order valence-electron chi connectivity index (χ4n) is 4.10. The van der Waals surface area contributed by atoms with E-state index in [4.69, 9.17) is 14.2 Å². The maximum absolute atomic E-state index is 13.8. The van der Waals surface area contributed by atoms with E-state index in [1.165, 1.54) is 6.07 Å². The number of aliphatic hydroxyl groups is 1. The number of hydrogen-bond donors (Lipinski definition) is 1. The average Bonchev–Trinajstić information content (AvgIpc) is 3.29. The van der Waals surface area contributed by atoms with Crippen LogP contribution in [-0.2, 0) is 13.1 Å². The second kappa shape index (κ2) is 11.3. The van der Waals surface area contributed by atoms with Gasteiger partial charge in [0.1, 0.15) is 25.9 Å². The van der Waals surface area contributed by atoms with Crippen molar-refractivity contribution in [2.24, 2.45) is 0 Å². The maximum atomic E-state index is 13.8. The summed E-state index contributed by atoms with van der Waals surface area (Å²) >= 11 is 0. The van der Waals surface area contributed by atoms with Gasteiger partial charge in [-0.1, -0.05) is 18.2 Å². The summed E-state index contributed by atoms with van der Waals surface area (Å²) in [4.78, 5) is 2.31. The van der Waals surface area contributed by atoms with E-state index in [9.17, 15) is 9.50 Å². The first-order chi connectivity index (χ1) is 16.5. The zero-order valence-corrected chi connectivity index (χ0v) is 19.4. The van der Waals surface area contributed by atoms with Crippen LogP contribution in [0.1, 0.15) is 24.8 Å². The summed E-state index contributed by atoms with van der Waals surface area (Å²) in [5.41, 5.74) is 0.126. The van der Waals surface area contributed by atoms with Gasteiger partial charge in [0, 0.05) is 13.1 Å². The molecule has 1 N–H and O–H groups in total. The number of aromatic nitrogens is 3. The van der Waals surface area contributed by atoms with Gasteiger partial charge in [-0.25, -0.2) is 4.39 Å². The number of para-hydroxylation sites is 1. The number of nitrogens with zero attached hydrogens (tertiary/aromatic N) is 4. The molecule has 3 aromatic rings. The van der Waals surface area contributed by atoms with Crippen LogP contribution in [0.5, 0.6) is 17.2 Å². The fraction of sp³-hybridized carbons (Fsp3) is 0.440. The molecule has 0 saturated carbocycles. The van der Waals surface area contributed by atoms with Crippen LogP contribution >= 0.6 is 0 Å². The molecule has 34 heavy (non-hydrogen) atoms. The Kier molecular flexibility index (Phi) is 7.97. The fourth-order valence-corrected chi connectivity index (χ4v) is 4.10. The normalized spacial score (nSPS) is 18.9. The molecule has 2 aromatic carbocycles. The summed E-state index contributed by atoms with van der Waals surface area (Å²) in [6.45, 7) is 3.49. The summed E-state index contributed by atoms with van der Waals surface area (Å²) in [5, 5.41) is 18.6. The van der Waals surface area contributed by atoms with Gasteiger partial charge >= 0.3 is 0 Å². The molecule has 1 aliphatic heterocycles. The van der Waals surface area contributed by atoms with Crippen LogP contribution in [0.4, 0.5) is 4.39 Å². The highest BCUT2D eigenvalue weighted by Crippen LogP contribution is 2.30. The van der Waals surface area contributed by atoms with Crippen molar-refractivity contribution >= 4 is 0 Å². The third-order valence-electron chi connectivity index (χ3n) is 6.05. The lowest BCUT2D eigenvalue weighted by Crippen LogP contribution is -2.37. The quantitative estimate of drug-likeness (QED) is 0.487. The van der Waals surface area contributed by atoms with Gasteiger partial charge in [-0.3, -0.25) is 4.90 Å². The Morgan fingerprint density at radius 3 is 2.62 bits per heavy atom. The molecule has 1 aliphatic rings. The predicted molar refractivity (Wildman–Crippen MR) is 124 cm³/mol. The number of benzene rings is 2. The van der Waals surface area contributed by atoms with E-state index in [1.807, 2.05) is 22.8 Å². The van der Waals surface area contributed by atoms with Crippen molar-refractivity contribution in [3.63, 3.8) is 0 Å². The van der Waals surface area contributed by atoms with Crippen LogP contribution in [0.3, 0.4) is 0 Å². The Bertz CT molecular complexity index is 1050. The van der Waals surface area contributed by atoms with Crippen molar-refractivity contribution in [1.29, 1.82) is 0 Å². The molecule has 0 bridgehead atoms. The zero-order chi connectivity index (χ0) is 23.8. The van der Waals surface area contributed by atoms with E-state index < -0.39 is 11.4 Å². The van der Waals surface area contributed by atoms with Crippen molar-refractivity contribution in [3.8, 4) is 17.2 Å². The second-order valence-electron chi connectivity index (χ2n) is 8.61. The van der Waals surface area contributed by atoms with E-state index in [0.29, 0.717) is 44.0 Å². The average molecular weight is 471 g/mol. The number of likely N-dealkylation sites (tertiary alicyclic amines) is 1. The summed E-state index contributed by atoms with van der Waals surface area (Å²) in [6, 6.07) is 12.2. The first kappa shape index (κ1) is 24.0. The molecule has 1 aromatic heterocycles. The molecule has 4 rings (SSSR count). The minimum atomic E-state index is -0.979. The van der Waals surface area contributed by atoms with Crippen LogP contribution in [-0.4, -0.2) is 63.8 Å². The second-order valence-corrected chi connectivity index (χ2v) is 8.61. The van der Waals surface area contributed by atoms with Crippen LogP contribution in [0.2, 0.25) is 0 Å². The highest BCUT2D eigenvalue weighted by molar-refractivity contribution is 5.43. The van der Waals surface area contributed by atoms with Crippen LogP contribution in [0, 0.1) is 5.82 Å². The van der Waals surface area contributed by atoms with Crippen molar-refractivity contribution < 1.29 is 23.7 Å². The molecule has 1 atom stereocenters. The van der Waals surface area contributed by atoms with Crippen molar-refractivity contribution in [2.45, 2.75) is 38.0 Å². The van der Waals surface area contributed by atoms with Gasteiger partial charge < -0.3 is 23.9 Å². The minimum Gasteiger partial charge on any atom is -0.493 e. The Morgan fingerprint density at radius 1 is 1.00 bits per heavy atom. The van der Waals surface area contributed by atoms with Crippen molar-refractivity contribution in [2.75, 3.05) is 33.4 Å². The van der Waals surface area contributed by atoms with Crippen LogP contribution < -0.4 is 14.2 Å². The lowest BCUT2D eigenvalue weighted by atomic mass is 9.96. The largest absolute Gasteiger partial charge is 0.493 e. The number of methoxy groups -OCH3 is 1. The van der Waals surface area contributed by atoms with E-state index >= 15 is 0 Å². The molecular formula is C25H31FN4O4. The SMILES string of the molecule is COc1ccc(CN2CCC[C@](O)(COc3ccccc3F)CC2)cc1OCCn1cnnc1.